The fourth-order valence-corrected chi connectivity index (χ4v) is 4.23. The van der Waals surface area contributed by atoms with Crippen LogP contribution < -0.4 is 10.0 Å². The molecule has 1 atom stereocenters. The van der Waals surface area contributed by atoms with Crippen LogP contribution in [0.15, 0.2) is 75.3 Å². The average Bonchev–Trinajstić information content (AvgIpc) is 3.23. The predicted molar refractivity (Wildman–Crippen MR) is 113 cm³/mol. The number of benzene rings is 2. The summed E-state index contributed by atoms with van der Waals surface area (Å²) in [5, 5.41) is 2.95. The van der Waals surface area contributed by atoms with Crippen LogP contribution in [0.3, 0.4) is 0 Å². The van der Waals surface area contributed by atoms with Crippen molar-refractivity contribution in [2.45, 2.75) is 10.8 Å². The first-order valence-corrected chi connectivity index (χ1v) is 10.1. The van der Waals surface area contributed by atoms with Gasteiger partial charge in [0, 0.05) is 10.1 Å². The van der Waals surface area contributed by atoms with E-state index in [9.17, 15) is 4.79 Å². The monoisotopic (exact) mass is 490 g/mol. The van der Waals surface area contributed by atoms with Gasteiger partial charge in [-0.05, 0) is 58.3 Å². The molecule has 1 aromatic heterocycles. The molecule has 4 rings (SSSR count). The van der Waals surface area contributed by atoms with Crippen molar-refractivity contribution in [1.82, 2.24) is 15.0 Å². The first-order valence-electron chi connectivity index (χ1n) is 8.25. The van der Waals surface area contributed by atoms with Crippen molar-refractivity contribution in [1.29, 1.82) is 0 Å². The van der Waals surface area contributed by atoms with Gasteiger partial charge < -0.3 is 14.5 Å². The molecule has 1 amide bonds. The Kier molecular flexibility index (Phi) is 5.44. The number of amidine groups is 1. The third-order valence-electron chi connectivity index (χ3n) is 4.07. The van der Waals surface area contributed by atoms with Crippen LogP contribution in [0, 0.1) is 3.57 Å². The number of aromatic nitrogens is 1. The highest BCUT2D eigenvalue weighted by atomic mass is 127. The highest BCUT2D eigenvalue weighted by Crippen LogP contribution is 2.31. The average molecular weight is 490 g/mol. The van der Waals surface area contributed by atoms with Crippen molar-refractivity contribution in [2.75, 3.05) is 6.54 Å². The van der Waals surface area contributed by atoms with Gasteiger partial charge in [-0.1, -0.05) is 30.3 Å². The van der Waals surface area contributed by atoms with E-state index in [-0.39, 0.29) is 17.7 Å². The Balaban J connectivity index is 1.53. The topological polar surface area (TPSA) is 79.5 Å². The molecule has 1 unspecified atom stereocenters. The Morgan fingerprint density at radius 3 is 2.85 bits per heavy atom. The number of halogens is 1. The van der Waals surface area contributed by atoms with Crippen LogP contribution in [0.5, 0.6) is 0 Å². The molecule has 8 heteroatoms. The van der Waals surface area contributed by atoms with Crippen molar-refractivity contribution in [2.24, 2.45) is 4.99 Å². The highest BCUT2D eigenvalue weighted by molar-refractivity contribution is 14.1. The standard InChI is InChI=1S/C19H15IN4O2S/c20-14-6-2-1-5-12(14)13(19-21-9-10-26-19)11-22-18(25)17-23-15-7-3-4-8-16(15)27-24-17/h1-10,13H,11H2,(H,22,25)(H,23,24). The molecule has 0 spiro atoms. The van der Waals surface area contributed by atoms with Gasteiger partial charge in [0.05, 0.1) is 22.7 Å². The summed E-state index contributed by atoms with van der Waals surface area (Å²) in [6.45, 7) is 0.354. The van der Waals surface area contributed by atoms with Gasteiger partial charge in [0.15, 0.2) is 0 Å². The molecule has 2 aromatic carbocycles. The molecule has 27 heavy (non-hydrogen) atoms. The number of amides is 1. The Morgan fingerprint density at radius 2 is 2.04 bits per heavy atom. The molecule has 0 fully saturated rings. The van der Waals surface area contributed by atoms with Gasteiger partial charge in [-0.2, -0.15) is 0 Å². The van der Waals surface area contributed by atoms with Gasteiger partial charge >= 0.3 is 0 Å². The molecular formula is C19H15IN4O2S. The number of aliphatic imine (C=N–C) groups is 1. The van der Waals surface area contributed by atoms with E-state index >= 15 is 0 Å². The van der Waals surface area contributed by atoms with E-state index in [1.807, 2.05) is 48.5 Å². The number of carbonyl (C=O) groups is 1. The second-order valence-electron chi connectivity index (χ2n) is 5.79. The lowest BCUT2D eigenvalue weighted by Crippen LogP contribution is -2.40. The first kappa shape index (κ1) is 18.1. The third-order valence-corrected chi connectivity index (χ3v) is 5.91. The fraction of sp³-hybridized carbons (Fsp3) is 0.105. The van der Waals surface area contributed by atoms with Crippen LogP contribution >= 0.6 is 34.5 Å². The maximum atomic E-state index is 12.6. The number of hydrogen-bond donors (Lipinski definition) is 2. The molecular weight excluding hydrogens is 475 g/mol. The number of nitrogens with one attached hydrogen (secondary N) is 2. The smallest absolute Gasteiger partial charge is 0.287 e. The fourth-order valence-electron chi connectivity index (χ4n) is 2.75. The summed E-state index contributed by atoms with van der Waals surface area (Å²) in [7, 11) is 0. The second kappa shape index (κ2) is 8.13. The molecule has 0 radical (unpaired) electrons. The summed E-state index contributed by atoms with van der Waals surface area (Å²) in [6.07, 6.45) is 3.15. The van der Waals surface area contributed by atoms with Crippen LogP contribution in [0.4, 0.5) is 5.69 Å². The van der Waals surface area contributed by atoms with Crippen LogP contribution in [0.2, 0.25) is 0 Å². The number of rotatable bonds is 5. The molecule has 0 saturated heterocycles. The van der Waals surface area contributed by atoms with Gasteiger partial charge in [0.2, 0.25) is 11.7 Å². The maximum Gasteiger partial charge on any atom is 0.287 e. The molecule has 1 aliphatic heterocycles. The minimum Gasteiger partial charge on any atom is -0.448 e. The minimum atomic E-state index is -0.264. The molecule has 6 nitrogen and oxygen atoms in total. The SMILES string of the molecule is O=C(NCC(c1ncco1)c1ccccc1I)C1=Nc2ccccc2SN1. The quantitative estimate of drug-likeness (QED) is 0.420. The Bertz CT molecular complexity index is 991. The molecule has 0 aliphatic carbocycles. The Labute approximate surface area is 174 Å². The largest absolute Gasteiger partial charge is 0.448 e. The number of nitrogens with zero attached hydrogens (tertiary/aromatic N) is 2. The van der Waals surface area contributed by atoms with E-state index in [2.05, 4.69) is 42.6 Å². The lowest BCUT2D eigenvalue weighted by Gasteiger charge is -2.19. The summed E-state index contributed by atoms with van der Waals surface area (Å²) in [5.74, 6) is 0.408. The zero-order valence-corrected chi connectivity index (χ0v) is 17.0. The van der Waals surface area contributed by atoms with Crippen LogP contribution in [0.25, 0.3) is 0 Å². The maximum absolute atomic E-state index is 12.6. The molecule has 2 heterocycles. The highest BCUT2D eigenvalue weighted by Gasteiger charge is 2.24. The number of oxazole rings is 1. The van der Waals surface area contributed by atoms with Gasteiger partial charge in [-0.3, -0.25) is 4.79 Å². The summed E-state index contributed by atoms with van der Waals surface area (Å²) in [5.41, 5.74) is 1.84. The van der Waals surface area contributed by atoms with E-state index in [1.54, 1.807) is 12.5 Å². The Morgan fingerprint density at radius 1 is 1.22 bits per heavy atom. The van der Waals surface area contributed by atoms with Gasteiger partial charge in [-0.25, -0.2) is 9.98 Å². The molecule has 3 aromatic rings. The zero-order chi connectivity index (χ0) is 18.6. The van der Waals surface area contributed by atoms with Gasteiger partial charge in [0.1, 0.15) is 6.26 Å². The van der Waals surface area contributed by atoms with Gasteiger partial charge in [0.25, 0.3) is 5.91 Å². The summed E-state index contributed by atoms with van der Waals surface area (Å²) < 4.78 is 9.60. The molecule has 136 valence electrons. The Hall–Kier alpha value is -2.33. The third kappa shape index (κ3) is 4.01. The van der Waals surface area contributed by atoms with Crippen molar-refractivity contribution in [3.8, 4) is 0 Å². The van der Waals surface area contributed by atoms with E-state index in [0.29, 0.717) is 12.4 Å². The lowest BCUT2D eigenvalue weighted by molar-refractivity contribution is -0.115. The van der Waals surface area contributed by atoms with E-state index in [0.717, 1.165) is 19.7 Å². The van der Waals surface area contributed by atoms with Gasteiger partial charge in [-0.15, -0.1) is 0 Å². The second-order valence-corrected chi connectivity index (χ2v) is 7.80. The lowest BCUT2D eigenvalue weighted by atomic mass is 9.99. The molecule has 2 N–H and O–H groups in total. The summed E-state index contributed by atoms with van der Waals surface area (Å²) in [4.78, 5) is 22.3. The van der Waals surface area contributed by atoms with Crippen molar-refractivity contribution >= 4 is 52.0 Å². The number of hydrogen-bond acceptors (Lipinski definition) is 6. The molecule has 0 bridgehead atoms. The summed E-state index contributed by atoms with van der Waals surface area (Å²) >= 11 is 3.66. The van der Waals surface area contributed by atoms with Crippen LogP contribution in [-0.4, -0.2) is 23.3 Å². The van der Waals surface area contributed by atoms with Crippen LogP contribution in [0.1, 0.15) is 17.4 Å². The number of carbonyl (C=O) groups excluding carboxylic acids is 1. The minimum absolute atomic E-state index is 0.179. The molecule has 0 saturated carbocycles. The van der Waals surface area contributed by atoms with Crippen molar-refractivity contribution in [3.05, 3.63) is 76.0 Å². The van der Waals surface area contributed by atoms with Crippen molar-refractivity contribution < 1.29 is 9.21 Å². The zero-order valence-electron chi connectivity index (χ0n) is 14.1. The summed E-state index contributed by atoms with van der Waals surface area (Å²) in [6, 6.07) is 15.7. The van der Waals surface area contributed by atoms with E-state index < -0.39 is 0 Å². The first-order chi connectivity index (χ1) is 13.2. The normalized spacial score (nSPS) is 13.9. The number of fused-ring (bicyclic) bond motifs is 1. The van der Waals surface area contributed by atoms with Crippen molar-refractivity contribution in [3.63, 3.8) is 0 Å². The predicted octanol–water partition coefficient (Wildman–Crippen LogP) is 3.87. The number of para-hydroxylation sites is 1. The van der Waals surface area contributed by atoms with E-state index in [4.69, 9.17) is 4.42 Å². The molecule has 1 aliphatic rings. The van der Waals surface area contributed by atoms with Crippen LogP contribution in [-0.2, 0) is 4.79 Å². The van der Waals surface area contributed by atoms with E-state index in [1.165, 1.54) is 11.9 Å².